The smallest absolute Gasteiger partial charge is 0.239 e. The standard InChI is InChI=1S/C12H10ClNOS/c1-16-10-7-8-14-12(11(10)13)15-9-5-3-2-4-6-9/h2-8H,1H3. The van der Waals surface area contributed by atoms with Crippen LogP contribution in [0.1, 0.15) is 0 Å². The zero-order valence-corrected chi connectivity index (χ0v) is 10.3. The van der Waals surface area contributed by atoms with Crippen molar-refractivity contribution in [2.75, 3.05) is 6.26 Å². The molecule has 0 spiro atoms. The van der Waals surface area contributed by atoms with E-state index >= 15 is 0 Å². The number of benzene rings is 1. The summed E-state index contributed by atoms with van der Waals surface area (Å²) in [6.45, 7) is 0. The summed E-state index contributed by atoms with van der Waals surface area (Å²) in [5.74, 6) is 1.18. The lowest BCUT2D eigenvalue weighted by Crippen LogP contribution is -1.89. The molecular formula is C12H10ClNOS. The average Bonchev–Trinajstić information content (AvgIpc) is 2.33. The Kier molecular flexibility index (Phi) is 3.70. The second kappa shape index (κ2) is 5.23. The van der Waals surface area contributed by atoms with Gasteiger partial charge < -0.3 is 4.74 Å². The molecule has 82 valence electrons. The highest BCUT2D eigenvalue weighted by Gasteiger charge is 2.08. The molecule has 1 aromatic heterocycles. The van der Waals surface area contributed by atoms with E-state index in [0.717, 1.165) is 10.6 Å². The van der Waals surface area contributed by atoms with E-state index < -0.39 is 0 Å². The van der Waals surface area contributed by atoms with Gasteiger partial charge in [0.15, 0.2) is 0 Å². The average molecular weight is 252 g/mol. The Balaban J connectivity index is 2.28. The molecule has 0 atom stereocenters. The van der Waals surface area contributed by atoms with Crippen LogP contribution in [0.2, 0.25) is 5.02 Å². The maximum Gasteiger partial charge on any atom is 0.239 e. The van der Waals surface area contributed by atoms with Gasteiger partial charge in [-0.1, -0.05) is 29.8 Å². The maximum absolute atomic E-state index is 6.15. The molecule has 0 saturated carbocycles. The van der Waals surface area contributed by atoms with Gasteiger partial charge in [-0.05, 0) is 24.5 Å². The summed E-state index contributed by atoms with van der Waals surface area (Å²) in [6.07, 6.45) is 3.66. The molecule has 1 aromatic carbocycles. The topological polar surface area (TPSA) is 22.1 Å². The number of aromatic nitrogens is 1. The Morgan fingerprint density at radius 3 is 2.62 bits per heavy atom. The zero-order chi connectivity index (χ0) is 11.4. The van der Waals surface area contributed by atoms with Crippen molar-refractivity contribution in [3.63, 3.8) is 0 Å². The number of para-hydroxylation sites is 1. The lowest BCUT2D eigenvalue weighted by atomic mass is 10.3. The normalized spacial score (nSPS) is 10.1. The van der Waals surface area contributed by atoms with Gasteiger partial charge in [0.25, 0.3) is 0 Å². The fraction of sp³-hybridized carbons (Fsp3) is 0.0833. The van der Waals surface area contributed by atoms with Crippen LogP contribution in [0.25, 0.3) is 0 Å². The number of pyridine rings is 1. The van der Waals surface area contributed by atoms with Crippen molar-refractivity contribution < 1.29 is 4.74 Å². The number of nitrogens with zero attached hydrogens (tertiary/aromatic N) is 1. The molecule has 16 heavy (non-hydrogen) atoms. The fourth-order valence-corrected chi connectivity index (χ4v) is 2.08. The molecule has 0 N–H and O–H groups in total. The molecule has 2 aromatic rings. The van der Waals surface area contributed by atoms with E-state index in [0.29, 0.717) is 10.9 Å². The van der Waals surface area contributed by atoms with E-state index in [1.54, 1.807) is 18.0 Å². The van der Waals surface area contributed by atoms with E-state index in [4.69, 9.17) is 16.3 Å². The Hall–Kier alpha value is -1.19. The van der Waals surface area contributed by atoms with Crippen molar-refractivity contribution in [1.82, 2.24) is 4.98 Å². The maximum atomic E-state index is 6.15. The zero-order valence-electron chi connectivity index (χ0n) is 8.68. The molecule has 0 aliphatic rings. The van der Waals surface area contributed by atoms with Crippen LogP contribution in [-0.2, 0) is 0 Å². The van der Waals surface area contributed by atoms with Crippen molar-refractivity contribution in [2.45, 2.75) is 4.90 Å². The highest BCUT2D eigenvalue weighted by atomic mass is 35.5. The molecule has 4 heteroatoms. The van der Waals surface area contributed by atoms with Gasteiger partial charge in [0, 0.05) is 11.1 Å². The van der Waals surface area contributed by atoms with Crippen molar-refractivity contribution in [1.29, 1.82) is 0 Å². The van der Waals surface area contributed by atoms with E-state index in [9.17, 15) is 0 Å². The monoisotopic (exact) mass is 251 g/mol. The first kappa shape index (κ1) is 11.3. The number of hydrogen-bond donors (Lipinski definition) is 0. The van der Waals surface area contributed by atoms with Gasteiger partial charge in [-0.2, -0.15) is 0 Å². The van der Waals surface area contributed by atoms with Crippen LogP contribution in [0.4, 0.5) is 0 Å². The van der Waals surface area contributed by atoms with E-state index in [-0.39, 0.29) is 0 Å². The van der Waals surface area contributed by atoms with Gasteiger partial charge in [0.1, 0.15) is 10.8 Å². The predicted octanol–water partition coefficient (Wildman–Crippen LogP) is 4.25. The van der Waals surface area contributed by atoms with Gasteiger partial charge in [-0.15, -0.1) is 11.8 Å². The van der Waals surface area contributed by atoms with Crippen LogP contribution in [0, 0.1) is 0 Å². The molecule has 0 aliphatic heterocycles. The van der Waals surface area contributed by atoms with Crippen LogP contribution in [0.5, 0.6) is 11.6 Å². The molecule has 1 heterocycles. The molecule has 0 saturated heterocycles. The lowest BCUT2D eigenvalue weighted by molar-refractivity contribution is 0.461. The summed E-state index contributed by atoms with van der Waals surface area (Å²) < 4.78 is 5.60. The summed E-state index contributed by atoms with van der Waals surface area (Å²) in [5, 5.41) is 0.554. The van der Waals surface area contributed by atoms with Gasteiger partial charge in [0.05, 0.1) is 0 Å². The third kappa shape index (κ3) is 2.49. The molecule has 0 amide bonds. The highest BCUT2D eigenvalue weighted by Crippen LogP contribution is 2.33. The molecule has 0 unspecified atom stereocenters. The molecule has 2 rings (SSSR count). The van der Waals surface area contributed by atoms with Crippen LogP contribution in [0.15, 0.2) is 47.5 Å². The highest BCUT2D eigenvalue weighted by molar-refractivity contribution is 7.98. The Labute approximate surface area is 104 Å². The number of thioether (sulfide) groups is 1. The van der Waals surface area contributed by atoms with Crippen LogP contribution >= 0.6 is 23.4 Å². The molecule has 0 aliphatic carbocycles. The third-order valence-electron chi connectivity index (χ3n) is 2.00. The summed E-state index contributed by atoms with van der Waals surface area (Å²) >= 11 is 7.72. The first-order chi connectivity index (χ1) is 7.81. The summed E-state index contributed by atoms with van der Waals surface area (Å²) in [5.41, 5.74) is 0. The first-order valence-corrected chi connectivity index (χ1v) is 6.33. The van der Waals surface area contributed by atoms with E-state index in [1.807, 2.05) is 42.7 Å². The SMILES string of the molecule is CSc1ccnc(Oc2ccccc2)c1Cl. The second-order valence-electron chi connectivity index (χ2n) is 3.05. The largest absolute Gasteiger partial charge is 0.438 e. The Morgan fingerprint density at radius 2 is 1.94 bits per heavy atom. The minimum absolute atomic E-state index is 0.444. The number of hydrogen-bond acceptors (Lipinski definition) is 3. The van der Waals surface area contributed by atoms with Crippen LogP contribution in [0.3, 0.4) is 0 Å². The van der Waals surface area contributed by atoms with E-state index in [2.05, 4.69) is 4.98 Å². The second-order valence-corrected chi connectivity index (χ2v) is 4.27. The predicted molar refractivity (Wildman–Crippen MR) is 67.5 cm³/mol. The summed E-state index contributed by atoms with van der Waals surface area (Å²) in [4.78, 5) is 5.08. The van der Waals surface area contributed by atoms with Gasteiger partial charge in [-0.3, -0.25) is 0 Å². The van der Waals surface area contributed by atoms with E-state index in [1.165, 1.54) is 0 Å². The van der Waals surface area contributed by atoms with Crippen LogP contribution in [-0.4, -0.2) is 11.2 Å². The molecule has 0 fully saturated rings. The molecule has 0 bridgehead atoms. The van der Waals surface area contributed by atoms with Gasteiger partial charge in [0.2, 0.25) is 5.88 Å². The third-order valence-corrected chi connectivity index (χ3v) is 3.26. The summed E-state index contributed by atoms with van der Waals surface area (Å²) in [6, 6.07) is 11.3. The Morgan fingerprint density at radius 1 is 1.19 bits per heavy atom. The summed E-state index contributed by atoms with van der Waals surface area (Å²) in [7, 11) is 0. The van der Waals surface area contributed by atoms with Crippen molar-refractivity contribution in [3.05, 3.63) is 47.6 Å². The quantitative estimate of drug-likeness (QED) is 0.762. The molecule has 2 nitrogen and oxygen atoms in total. The van der Waals surface area contributed by atoms with Crippen molar-refractivity contribution in [3.8, 4) is 11.6 Å². The molecule has 0 radical (unpaired) electrons. The minimum atomic E-state index is 0.444. The number of halogens is 1. The van der Waals surface area contributed by atoms with Gasteiger partial charge in [-0.25, -0.2) is 4.98 Å². The number of ether oxygens (including phenoxy) is 1. The lowest BCUT2D eigenvalue weighted by Gasteiger charge is -2.07. The van der Waals surface area contributed by atoms with Crippen LogP contribution < -0.4 is 4.74 Å². The fourth-order valence-electron chi connectivity index (χ4n) is 1.24. The minimum Gasteiger partial charge on any atom is -0.438 e. The Bertz CT molecular complexity index is 476. The number of rotatable bonds is 3. The van der Waals surface area contributed by atoms with Crippen molar-refractivity contribution >= 4 is 23.4 Å². The van der Waals surface area contributed by atoms with Gasteiger partial charge >= 0.3 is 0 Å². The first-order valence-electron chi connectivity index (χ1n) is 4.72. The van der Waals surface area contributed by atoms with Crippen molar-refractivity contribution in [2.24, 2.45) is 0 Å². The molecular weight excluding hydrogens is 242 g/mol.